The molecule has 0 aliphatic carbocycles. The van der Waals surface area contributed by atoms with Crippen LogP contribution in [0.25, 0.3) is 21.9 Å². The molecule has 108 valence electrons. The second-order valence-electron chi connectivity index (χ2n) is 5.36. The molecule has 0 radical (unpaired) electrons. The fourth-order valence-electron chi connectivity index (χ4n) is 3.15. The van der Waals surface area contributed by atoms with Gasteiger partial charge < -0.3 is 9.30 Å². The van der Waals surface area contributed by atoms with E-state index in [2.05, 4.69) is 15.6 Å². The van der Waals surface area contributed by atoms with Crippen molar-refractivity contribution in [3.63, 3.8) is 0 Å². The molecule has 1 aliphatic heterocycles. The van der Waals surface area contributed by atoms with Crippen LogP contribution in [-0.4, -0.2) is 33.6 Å². The van der Waals surface area contributed by atoms with Crippen LogP contribution in [0.5, 0.6) is 0 Å². The molecule has 4 nitrogen and oxygen atoms in total. The van der Waals surface area contributed by atoms with E-state index in [0.29, 0.717) is 11.9 Å². The number of ether oxygens (including phenoxy) is 1. The Kier molecular flexibility index (Phi) is 3.28. The van der Waals surface area contributed by atoms with Gasteiger partial charge in [-0.3, -0.25) is 4.98 Å². The number of halogens is 1. The number of aryl methyl sites for hydroxylation is 1. The summed E-state index contributed by atoms with van der Waals surface area (Å²) in [7, 11) is 0. The predicted octanol–water partition coefficient (Wildman–Crippen LogP) is 3.33. The highest BCUT2D eigenvalue weighted by Gasteiger charge is 2.24. The lowest BCUT2D eigenvalue weighted by Crippen LogP contribution is -2.13. The van der Waals surface area contributed by atoms with Crippen LogP contribution in [0.1, 0.15) is 18.3 Å². The third-order valence-corrected chi connectivity index (χ3v) is 4.27. The van der Waals surface area contributed by atoms with Crippen molar-refractivity contribution >= 4 is 33.5 Å². The lowest BCUT2D eigenvalue weighted by atomic mass is 10.1. The van der Waals surface area contributed by atoms with E-state index < -0.39 is 0 Å². The van der Waals surface area contributed by atoms with Gasteiger partial charge in [0.05, 0.1) is 29.9 Å². The highest BCUT2D eigenvalue weighted by Crippen LogP contribution is 2.31. The number of para-hydroxylation sites is 1. The van der Waals surface area contributed by atoms with Crippen molar-refractivity contribution in [1.29, 1.82) is 0 Å². The zero-order chi connectivity index (χ0) is 14.2. The average molecular weight is 302 g/mol. The summed E-state index contributed by atoms with van der Waals surface area (Å²) in [5.41, 5.74) is 3.11. The van der Waals surface area contributed by atoms with Gasteiger partial charge in [0.1, 0.15) is 11.3 Å². The third-order valence-electron chi connectivity index (χ3n) is 4.09. The Morgan fingerprint density at radius 3 is 3.00 bits per heavy atom. The summed E-state index contributed by atoms with van der Waals surface area (Å²) >= 11 is 5.96. The summed E-state index contributed by atoms with van der Waals surface area (Å²) in [6.45, 7) is 1.56. The number of rotatable bonds is 3. The van der Waals surface area contributed by atoms with Crippen LogP contribution in [0, 0.1) is 0 Å². The van der Waals surface area contributed by atoms with Crippen LogP contribution in [0.2, 0.25) is 0 Å². The summed E-state index contributed by atoms with van der Waals surface area (Å²) in [6.07, 6.45) is 3.65. The number of alkyl halides is 1. The minimum Gasteiger partial charge on any atom is -0.379 e. The van der Waals surface area contributed by atoms with Crippen molar-refractivity contribution in [3.05, 3.63) is 36.3 Å². The van der Waals surface area contributed by atoms with E-state index in [1.165, 1.54) is 0 Å². The van der Waals surface area contributed by atoms with Gasteiger partial charge in [-0.15, -0.1) is 11.6 Å². The molecular weight excluding hydrogens is 286 g/mol. The second-order valence-corrected chi connectivity index (χ2v) is 5.74. The predicted molar refractivity (Wildman–Crippen MR) is 83.9 cm³/mol. The molecule has 3 heterocycles. The SMILES string of the molecule is ClCCc1nc2cnc3ccccc3c2n1C1CCOC1. The van der Waals surface area contributed by atoms with Gasteiger partial charge in [0.2, 0.25) is 0 Å². The molecule has 3 aromatic rings. The van der Waals surface area contributed by atoms with E-state index >= 15 is 0 Å². The minimum absolute atomic E-state index is 0.346. The number of hydrogen-bond acceptors (Lipinski definition) is 3. The smallest absolute Gasteiger partial charge is 0.111 e. The van der Waals surface area contributed by atoms with Gasteiger partial charge in [-0.25, -0.2) is 4.98 Å². The lowest BCUT2D eigenvalue weighted by molar-refractivity contribution is 0.186. The van der Waals surface area contributed by atoms with E-state index in [1.54, 1.807) is 0 Å². The number of pyridine rings is 1. The van der Waals surface area contributed by atoms with Gasteiger partial charge in [-0.1, -0.05) is 18.2 Å². The average Bonchev–Trinajstić information content (AvgIpc) is 3.14. The summed E-state index contributed by atoms with van der Waals surface area (Å²) in [5, 5.41) is 1.15. The van der Waals surface area contributed by atoms with Gasteiger partial charge in [-0.05, 0) is 12.5 Å². The van der Waals surface area contributed by atoms with Gasteiger partial charge in [0, 0.05) is 24.3 Å². The zero-order valence-corrected chi connectivity index (χ0v) is 12.4. The summed E-state index contributed by atoms with van der Waals surface area (Å²) in [4.78, 5) is 9.27. The normalized spacial score (nSPS) is 18.8. The van der Waals surface area contributed by atoms with Crippen molar-refractivity contribution in [1.82, 2.24) is 14.5 Å². The topological polar surface area (TPSA) is 39.9 Å². The number of aromatic nitrogens is 3. The molecule has 1 saturated heterocycles. The first-order valence-electron chi connectivity index (χ1n) is 7.27. The molecule has 0 saturated carbocycles. The minimum atomic E-state index is 0.346. The first-order valence-corrected chi connectivity index (χ1v) is 7.80. The molecule has 0 amide bonds. The molecular formula is C16H16ClN3O. The van der Waals surface area contributed by atoms with E-state index in [-0.39, 0.29) is 0 Å². The molecule has 2 aromatic heterocycles. The lowest BCUT2D eigenvalue weighted by Gasteiger charge is -2.15. The molecule has 0 bridgehead atoms. The number of fused-ring (bicyclic) bond motifs is 3. The van der Waals surface area contributed by atoms with Crippen LogP contribution in [0.4, 0.5) is 0 Å². The van der Waals surface area contributed by atoms with Crippen molar-refractivity contribution in [2.24, 2.45) is 0 Å². The summed E-state index contributed by atoms with van der Waals surface area (Å²) in [6, 6.07) is 8.56. The van der Waals surface area contributed by atoms with Crippen molar-refractivity contribution in [3.8, 4) is 0 Å². The molecule has 1 fully saturated rings. The molecule has 1 atom stereocenters. The van der Waals surface area contributed by atoms with Crippen LogP contribution in [-0.2, 0) is 11.2 Å². The van der Waals surface area contributed by atoms with Gasteiger partial charge in [0.15, 0.2) is 0 Å². The van der Waals surface area contributed by atoms with Crippen molar-refractivity contribution in [2.75, 3.05) is 19.1 Å². The molecule has 5 heteroatoms. The number of nitrogens with zero attached hydrogens (tertiary/aromatic N) is 3. The van der Waals surface area contributed by atoms with Crippen molar-refractivity contribution in [2.45, 2.75) is 18.9 Å². The first-order chi connectivity index (χ1) is 10.4. The van der Waals surface area contributed by atoms with E-state index in [9.17, 15) is 0 Å². The van der Waals surface area contributed by atoms with Crippen molar-refractivity contribution < 1.29 is 4.74 Å². The first kappa shape index (κ1) is 13.0. The second kappa shape index (κ2) is 5.28. The molecule has 1 aliphatic rings. The number of hydrogen-bond donors (Lipinski definition) is 0. The third kappa shape index (κ3) is 2.10. The number of imidazole rings is 1. The van der Waals surface area contributed by atoms with E-state index in [4.69, 9.17) is 21.3 Å². The molecule has 1 aromatic carbocycles. The van der Waals surface area contributed by atoms with E-state index in [0.717, 1.165) is 53.8 Å². The van der Waals surface area contributed by atoms with Crippen LogP contribution in [0.3, 0.4) is 0 Å². The van der Waals surface area contributed by atoms with Gasteiger partial charge in [0.25, 0.3) is 0 Å². The summed E-state index contributed by atoms with van der Waals surface area (Å²) in [5.74, 6) is 1.61. The zero-order valence-electron chi connectivity index (χ0n) is 11.6. The van der Waals surface area contributed by atoms with Crippen LogP contribution in [0.15, 0.2) is 30.5 Å². The summed E-state index contributed by atoms with van der Waals surface area (Å²) < 4.78 is 7.91. The Morgan fingerprint density at radius 2 is 2.19 bits per heavy atom. The maximum Gasteiger partial charge on any atom is 0.111 e. The maximum absolute atomic E-state index is 5.96. The fourth-order valence-corrected chi connectivity index (χ4v) is 3.32. The Labute approximate surface area is 127 Å². The highest BCUT2D eigenvalue weighted by atomic mass is 35.5. The van der Waals surface area contributed by atoms with Gasteiger partial charge >= 0.3 is 0 Å². The maximum atomic E-state index is 5.96. The molecule has 4 rings (SSSR count). The van der Waals surface area contributed by atoms with Gasteiger partial charge in [-0.2, -0.15) is 0 Å². The molecule has 21 heavy (non-hydrogen) atoms. The molecule has 0 N–H and O–H groups in total. The number of benzene rings is 1. The molecule has 0 spiro atoms. The quantitative estimate of drug-likeness (QED) is 0.697. The Bertz CT molecular complexity index is 793. The fraction of sp³-hybridized carbons (Fsp3) is 0.375. The van der Waals surface area contributed by atoms with E-state index in [1.807, 2.05) is 24.4 Å². The Morgan fingerprint density at radius 1 is 1.29 bits per heavy atom. The molecule has 1 unspecified atom stereocenters. The highest BCUT2D eigenvalue weighted by molar-refractivity contribution is 6.18. The standard InChI is InChI=1S/C16H16ClN3O/c17-7-5-15-19-14-9-18-13-4-2-1-3-12(13)16(14)20(15)11-6-8-21-10-11/h1-4,9,11H,5-8,10H2. The Balaban J connectivity index is 2.04. The largest absolute Gasteiger partial charge is 0.379 e. The van der Waals surface area contributed by atoms with Crippen LogP contribution >= 0.6 is 11.6 Å². The monoisotopic (exact) mass is 301 g/mol. The van der Waals surface area contributed by atoms with Crippen LogP contribution < -0.4 is 0 Å². The Hall–Kier alpha value is -1.65.